The van der Waals surface area contributed by atoms with Gasteiger partial charge < -0.3 is 0 Å². The number of nitrogens with zero attached hydrogens (tertiary/aromatic N) is 2. The quantitative estimate of drug-likeness (QED) is 0.490. The van der Waals surface area contributed by atoms with E-state index in [0.717, 1.165) is 5.69 Å². The van der Waals surface area contributed by atoms with Crippen LogP contribution in [0.25, 0.3) is 0 Å². The highest BCUT2D eigenvalue weighted by atomic mass is 15.4. The molecule has 0 aliphatic carbocycles. The van der Waals surface area contributed by atoms with E-state index in [9.17, 15) is 0 Å². The number of hydrogen-bond donors (Lipinski definition) is 0. The van der Waals surface area contributed by atoms with Crippen molar-refractivity contribution in [2.45, 2.75) is 6.92 Å². The van der Waals surface area contributed by atoms with Crippen LogP contribution in [-0.2, 0) is 0 Å². The summed E-state index contributed by atoms with van der Waals surface area (Å²) in [6.07, 6.45) is 3.78. The van der Waals surface area contributed by atoms with Crippen molar-refractivity contribution in [3.63, 3.8) is 0 Å². The van der Waals surface area contributed by atoms with E-state index in [-0.39, 0.29) is 0 Å². The fourth-order valence-corrected chi connectivity index (χ4v) is 0.937. The summed E-state index contributed by atoms with van der Waals surface area (Å²) in [6.45, 7) is 5.43. The van der Waals surface area contributed by atoms with E-state index in [1.165, 1.54) is 0 Å². The van der Waals surface area contributed by atoms with Crippen molar-refractivity contribution in [3.05, 3.63) is 42.6 Å². The van der Waals surface area contributed by atoms with Gasteiger partial charge in [0.05, 0.1) is 5.69 Å². The average Bonchev–Trinajstić information content (AvgIpc) is 2.15. The zero-order valence-electron chi connectivity index (χ0n) is 7.14. The van der Waals surface area contributed by atoms with E-state index in [4.69, 9.17) is 0 Å². The van der Waals surface area contributed by atoms with Crippen LogP contribution in [0.15, 0.2) is 47.7 Å². The number of hydrazone groups is 1. The molecular formula is C10H12N2. The second-order valence-electron chi connectivity index (χ2n) is 2.30. The third kappa shape index (κ3) is 1.95. The van der Waals surface area contributed by atoms with Gasteiger partial charge in [0.25, 0.3) is 0 Å². The van der Waals surface area contributed by atoms with Crippen LogP contribution in [0.1, 0.15) is 6.92 Å². The first kappa shape index (κ1) is 8.53. The molecule has 2 nitrogen and oxygen atoms in total. The highest BCUT2D eigenvalue weighted by molar-refractivity contribution is 5.49. The Labute approximate surface area is 72.8 Å². The van der Waals surface area contributed by atoms with Crippen molar-refractivity contribution in [2.24, 2.45) is 5.10 Å². The highest BCUT2D eigenvalue weighted by Gasteiger charge is 1.95. The molecular weight excluding hydrogens is 148 g/mol. The highest BCUT2D eigenvalue weighted by Crippen LogP contribution is 2.12. The van der Waals surface area contributed by atoms with Gasteiger partial charge in [-0.2, -0.15) is 5.10 Å². The van der Waals surface area contributed by atoms with Crippen LogP contribution in [0.3, 0.4) is 0 Å². The summed E-state index contributed by atoms with van der Waals surface area (Å²) < 4.78 is 0. The molecule has 2 heteroatoms. The van der Waals surface area contributed by atoms with Crippen molar-refractivity contribution < 1.29 is 0 Å². The fourth-order valence-electron chi connectivity index (χ4n) is 0.937. The van der Waals surface area contributed by atoms with Gasteiger partial charge in [-0.25, -0.2) is 5.01 Å². The molecule has 0 heterocycles. The average molecular weight is 160 g/mol. The van der Waals surface area contributed by atoms with Gasteiger partial charge in [0.1, 0.15) is 0 Å². The molecule has 1 rings (SSSR count). The predicted molar refractivity (Wildman–Crippen MR) is 53.3 cm³/mol. The van der Waals surface area contributed by atoms with Gasteiger partial charge in [-0.3, -0.25) is 0 Å². The van der Waals surface area contributed by atoms with Crippen LogP contribution < -0.4 is 5.01 Å². The van der Waals surface area contributed by atoms with E-state index in [2.05, 4.69) is 11.8 Å². The van der Waals surface area contributed by atoms with Crippen molar-refractivity contribution in [1.82, 2.24) is 0 Å². The van der Waals surface area contributed by atoms with Gasteiger partial charge >= 0.3 is 0 Å². The number of allylic oxidation sites excluding steroid dienone is 1. The van der Waals surface area contributed by atoms with Gasteiger partial charge in [-0.15, -0.1) is 0 Å². The molecule has 12 heavy (non-hydrogen) atoms. The zero-order valence-corrected chi connectivity index (χ0v) is 7.14. The third-order valence-electron chi connectivity index (χ3n) is 1.46. The molecule has 0 aliphatic heterocycles. The third-order valence-corrected chi connectivity index (χ3v) is 1.46. The normalized spacial score (nSPS) is 10.1. The molecule has 0 amide bonds. The molecule has 0 bridgehead atoms. The predicted octanol–water partition coefficient (Wildman–Crippen LogP) is 2.64. The maximum Gasteiger partial charge on any atom is 0.0645 e. The summed E-state index contributed by atoms with van der Waals surface area (Å²) in [6, 6.07) is 9.87. The molecule has 0 unspecified atom stereocenters. The first-order chi connectivity index (χ1) is 5.88. The minimum absolute atomic E-state index is 1.02. The number of rotatable bonds is 3. The first-order valence-electron chi connectivity index (χ1n) is 3.82. The summed E-state index contributed by atoms with van der Waals surface area (Å²) >= 11 is 0. The molecule has 0 spiro atoms. The lowest BCUT2D eigenvalue weighted by Gasteiger charge is -2.12. The molecule has 0 atom stereocenters. The van der Waals surface area contributed by atoms with E-state index in [1.807, 2.05) is 49.5 Å². The molecule has 0 saturated heterocycles. The molecule has 0 saturated carbocycles. The van der Waals surface area contributed by atoms with Gasteiger partial charge in [0.15, 0.2) is 0 Å². The Hall–Kier alpha value is -1.57. The standard InChI is InChI=1S/C10H12N2/c1-3-9-12(11-2)10-7-5-4-6-8-10/h3-9H,2H2,1H3/b9-3-. The van der Waals surface area contributed by atoms with Crippen molar-refractivity contribution in [1.29, 1.82) is 0 Å². The Balaban J connectivity index is 2.87. The summed E-state index contributed by atoms with van der Waals surface area (Å²) in [7, 11) is 0. The van der Waals surface area contributed by atoms with Crippen LogP contribution in [-0.4, -0.2) is 6.72 Å². The van der Waals surface area contributed by atoms with Crippen LogP contribution in [0.4, 0.5) is 5.69 Å². The number of hydrogen-bond acceptors (Lipinski definition) is 2. The molecule has 0 aromatic heterocycles. The van der Waals surface area contributed by atoms with Crippen molar-refractivity contribution >= 4 is 12.4 Å². The van der Waals surface area contributed by atoms with Crippen molar-refractivity contribution in [2.75, 3.05) is 5.01 Å². The van der Waals surface area contributed by atoms with Crippen LogP contribution in [0.5, 0.6) is 0 Å². The number of para-hydroxylation sites is 1. The van der Waals surface area contributed by atoms with Gasteiger partial charge in [0, 0.05) is 12.9 Å². The Morgan fingerprint density at radius 2 is 2.00 bits per heavy atom. The Bertz CT molecular complexity index is 264. The number of anilines is 1. The maximum atomic E-state index is 3.84. The summed E-state index contributed by atoms with van der Waals surface area (Å²) in [5.41, 5.74) is 1.02. The maximum absolute atomic E-state index is 3.84. The second-order valence-corrected chi connectivity index (χ2v) is 2.30. The lowest BCUT2D eigenvalue weighted by Crippen LogP contribution is -2.05. The first-order valence-corrected chi connectivity index (χ1v) is 3.82. The van der Waals surface area contributed by atoms with E-state index in [1.54, 1.807) is 5.01 Å². The number of benzene rings is 1. The topological polar surface area (TPSA) is 15.6 Å². The minimum Gasteiger partial charge on any atom is -0.242 e. The summed E-state index contributed by atoms with van der Waals surface area (Å²) in [5.74, 6) is 0. The molecule has 0 aliphatic rings. The Morgan fingerprint density at radius 1 is 1.33 bits per heavy atom. The fraction of sp³-hybridized carbons (Fsp3) is 0.100. The van der Waals surface area contributed by atoms with E-state index < -0.39 is 0 Å². The zero-order chi connectivity index (χ0) is 8.81. The van der Waals surface area contributed by atoms with E-state index >= 15 is 0 Å². The molecule has 0 N–H and O–H groups in total. The van der Waals surface area contributed by atoms with Gasteiger partial charge in [0.2, 0.25) is 0 Å². The summed E-state index contributed by atoms with van der Waals surface area (Å²) in [5, 5.41) is 5.57. The van der Waals surface area contributed by atoms with Gasteiger partial charge in [-0.1, -0.05) is 24.3 Å². The molecule has 1 aromatic rings. The van der Waals surface area contributed by atoms with E-state index in [0.29, 0.717) is 0 Å². The Kier molecular flexibility index (Phi) is 3.08. The monoisotopic (exact) mass is 160 g/mol. The largest absolute Gasteiger partial charge is 0.242 e. The van der Waals surface area contributed by atoms with Crippen LogP contribution >= 0.6 is 0 Å². The van der Waals surface area contributed by atoms with Crippen LogP contribution in [0, 0.1) is 0 Å². The lowest BCUT2D eigenvalue weighted by molar-refractivity contribution is 1.09. The lowest BCUT2D eigenvalue weighted by atomic mass is 10.3. The SMILES string of the molecule is C=NN(/C=C\C)c1ccccc1. The molecule has 0 fully saturated rings. The van der Waals surface area contributed by atoms with Crippen LogP contribution in [0.2, 0.25) is 0 Å². The smallest absolute Gasteiger partial charge is 0.0645 e. The second kappa shape index (κ2) is 4.34. The Morgan fingerprint density at radius 3 is 2.50 bits per heavy atom. The summed E-state index contributed by atoms with van der Waals surface area (Å²) in [4.78, 5) is 0. The van der Waals surface area contributed by atoms with Gasteiger partial charge in [-0.05, 0) is 19.1 Å². The molecule has 1 aromatic carbocycles. The van der Waals surface area contributed by atoms with Crippen molar-refractivity contribution in [3.8, 4) is 0 Å². The molecule has 62 valence electrons. The molecule has 0 radical (unpaired) electrons. The minimum atomic E-state index is 1.02.